The highest BCUT2D eigenvalue weighted by Crippen LogP contribution is 2.28. The molecule has 0 bridgehead atoms. The zero-order valence-corrected chi connectivity index (χ0v) is 12.9. The molecule has 18 heavy (non-hydrogen) atoms. The van der Waals surface area contributed by atoms with Crippen LogP contribution in [0.25, 0.3) is 0 Å². The van der Waals surface area contributed by atoms with Gasteiger partial charge in [0.25, 0.3) is 0 Å². The molecule has 2 aromatic rings. The molecule has 0 N–H and O–H groups in total. The van der Waals surface area contributed by atoms with E-state index < -0.39 is 0 Å². The van der Waals surface area contributed by atoms with Gasteiger partial charge in [0.15, 0.2) is 0 Å². The molecular formula is C13H19BrN4. The summed E-state index contributed by atoms with van der Waals surface area (Å²) in [6.07, 6.45) is 6.95. The first-order chi connectivity index (χ1) is 8.36. The third-order valence-electron chi connectivity index (χ3n) is 2.82. The monoisotopic (exact) mass is 310 g/mol. The van der Waals surface area contributed by atoms with Crippen molar-refractivity contribution in [3.63, 3.8) is 0 Å². The SMILES string of the molecule is Cn1cc(CCn2cc(Br)c(C(C)(C)C)n2)cn1. The third-order valence-corrected chi connectivity index (χ3v) is 3.40. The predicted octanol–water partition coefficient (Wildman–Crippen LogP) is 2.92. The van der Waals surface area contributed by atoms with Crippen molar-refractivity contribution >= 4 is 15.9 Å². The zero-order valence-electron chi connectivity index (χ0n) is 11.3. The lowest BCUT2D eigenvalue weighted by Crippen LogP contribution is -2.14. The van der Waals surface area contributed by atoms with E-state index in [-0.39, 0.29) is 5.41 Å². The van der Waals surface area contributed by atoms with Gasteiger partial charge in [-0.05, 0) is 27.9 Å². The highest BCUT2D eigenvalue weighted by atomic mass is 79.9. The minimum atomic E-state index is 0.0678. The topological polar surface area (TPSA) is 35.6 Å². The van der Waals surface area contributed by atoms with Crippen LogP contribution in [0.15, 0.2) is 23.1 Å². The standard InChI is InChI=1S/C13H19BrN4/c1-13(2,3)12-11(14)9-18(16-12)6-5-10-7-15-17(4)8-10/h7-9H,5-6H2,1-4H3. The summed E-state index contributed by atoms with van der Waals surface area (Å²) >= 11 is 3.58. The summed E-state index contributed by atoms with van der Waals surface area (Å²) < 4.78 is 4.91. The summed E-state index contributed by atoms with van der Waals surface area (Å²) in [5, 5.41) is 8.81. The lowest BCUT2D eigenvalue weighted by atomic mass is 9.93. The van der Waals surface area contributed by atoms with Gasteiger partial charge in [-0.1, -0.05) is 20.8 Å². The number of hydrogen-bond donors (Lipinski definition) is 0. The van der Waals surface area contributed by atoms with Crippen LogP contribution in [-0.4, -0.2) is 19.6 Å². The van der Waals surface area contributed by atoms with E-state index in [1.54, 1.807) is 0 Å². The Morgan fingerprint density at radius 3 is 2.50 bits per heavy atom. The molecule has 4 nitrogen and oxygen atoms in total. The largest absolute Gasteiger partial charge is 0.276 e. The van der Waals surface area contributed by atoms with Crippen LogP contribution >= 0.6 is 15.9 Å². The average Bonchev–Trinajstić information content (AvgIpc) is 2.81. The lowest BCUT2D eigenvalue weighted by molar-refractivity contribution is 0.531. The van der Waals surface area contributed by atoms with Crippen LogP contribution in [0.1, 0.15) is 32.0 Å². The first kappa shape index (κ1) is 13.3. The van der Waals surface area contributed by atoms with E-state index in [1.807, 2.05) is 28.8 Å². The smallest absolute Gasteiger partial charge is 0.0819 e. The molecule has 0 unspecified atom stereocenters. The highest BCUT2D eigenvalue weighted by Gasteiger charge is 2.21. The third kappa shape index (κ3) is 3.02. The number of aromatic nitrogens is 4. The van der Waals surface area contributed by atoms with Crippen LogP contribution in [0.2, 0.25) is 0 Å². The van der Waals surface area contributed by atoms with Crippen LogP contribution in [-0.2, 0) is 25.4 Å². The maximum atomic E-state index is 4.65. The van der Waals surface area contributed by atoms with Gasteiger partial charge in [-0.15, -0.1) is 0 Å². The molecule has 2 heterocycles. The lowest BCUT2D eigenvalue weighted by Gasteiger charge is -2.15. The average molecular weight is 311 g/mol. The second-order valence-electron chi connectivity index (χ2n) is 5.61. The summed E-state index contributed by atoms with van der Waals surface area (Å²) in [5.41, 5.74) is 2.41. The molecule has 5 heteroatoms. The molecule has 0 aliphatic heterocycles. The van der Waals surface area contributed by atoms with Gasteiger partial charge in [0.05, 0.1) is 16.4 Å². The molecular weight excluding hydrogens is 292 g/mol. The van der Waals surface area contributed by atoms with E-state index in [0.29, 0.717) is 0 Å². The van der Waals surface area contributed by atoms with E-state index >= 15 is 0 Å². The normalized spacial score (nSPS) is 12.1. The van der Waals surface area contributed by atoms with Gasteiger partial charge in [-0.2, -0.15) is 10.2 Å². The summed E-state index contributed by atoms with van der Waals surface area (Å²) in [6, 6.07) is 0. The van der Waals surface area contributed by atoms with Crippen molar-refractivity contribution in [3.05, 3.63) is 34.3 Å². The Balaban J connectivity index is 2.07. The number of aryl methyl sites for hydroxylation is 3. The number of rotatable bonds is 3. The van der Waals surface area contributed by atoms with Crippen LogP contribution < -0.4 is 0 Å². The summed E-state index contributed by atoms with van der Waals surface area (Å²) in [7, 11) is 1.94. The van der Waals surface area contributed by atoms with Gasteiger partial charge in [0.2, 0.25) is 0 Å². The first-order valence-corrected chi connectivity index (χ1v) is 6.86. The van der Waals surface area contributed by atoms with Gasteiger partial charge in [-0.25, -0.2) is 0 Å². The van der Waals surface area contributed by atoms with Crippen LogP contribution in [0.4, 0.5) is 0 Å². The van der Waals surface area contributed by atoms with Gasteiger partial charge in [0, 0.05) is 31.4 Å². The van der Waals surface area contributed by atoms with Gasteiger partial charge < -0.3 is 0 Å². The molecule has 0 amide bonds. The van der Waals surface area contributed by atoms with Crippen LogP contribution in [0.5, 0.6) is 0 Å². The summed E-state index contributed by atoms with van der Waals surface area (Å²) in [4.78, 5) is 0. The van der Waals surface area contributed by atoms with Crippen molar-refractivity contribution in [2.24, 2.45) is 7.05 Å². The fourth-order valence-electron chi connectivity index (χ4n) is 1.86. The Labute approximate surface area is 116 Å². The molecule has 0 radical (unpaired) electrons. The van der Waals surface area contributed by atoms with Crippen molar-refractivity contribution in [2.75, 3.05) is 0 Å². The molecule has 0 spiro atoms. The Morgan fingerprint density at radius 2 is 2.00 bits per heavy atom. The fourth-order valence-corrected chi connectivity index (χ4v) is 2.77. The zero-order chi connectivity index (χ0) is 13.3. The predicted molar refractivity (Wildman–Crippen MR) is 75.5 cm³/mol. The number of halogens is 1. The second kappa shape index (κ2) is 4.88. The molecule has 0 saturated heterocycles. The molecule has 0 fully saturated rings. The molecule has 98 valence electrons. The Kier molecular flexibility index (Phi) is 3.61. The van der Waals surface area contributed by atoms with Gasteiger partial charge >= 0.3 is 0 Å². The molecule has 2 rings (SSSR count). The van der Waals surface area contributed by atoms with E-state index in [9.17, 15) is 0 Å². The Bertz CT molecular complexity index is 533. The first-order valence-electron chi connectivity index (χ1n) is 6.07. The number of nitrogens with zero attached hydrogens (tertiary/aromatic N) is 4. The summed E-state index contributed by atoms with van der Waals surface area (Å²) in [5.74, 6) is 0. The molecule has 0 aliphatic rings. The number of hydrogen-bond acceptors (Lipinski definition) is 2. The van der Waals surface area contributed by atoms with E-state index in [4.69, 9.17) is 0 Å². The van der Waals surface area contributed by atoms with E-state index in [0.717, 1.165) is 23.1 Å². The molecule has 0 aliphatic carbocycles. The maximum absolute atomic E-state index is 4.65. The highest BCUT2D eigenvalue weighted by molar-refractivity contribution is 9.10. The maximum Gasteiger partial charge on any atom is 0.0819 e. The molecule has 0 aromatic carbocycles. The van der Waals surface area contributed by atoms with Gasteiger partial charge in [0.1, 0.15) is 0 Å². The summed E-state index contributed by atoms with van der Waals surface area (Å²) in [6.45, 7) is 7.39. The van der Waals surface area contributed by atoms with Crippen molar-refractivity contribution in [3.8, 4) is 0 Å². The van der Waals surface area contributed by atoms with Crippen molar-refractivity contribution in [2.45, 2.75) is 39.2 Å². The van der Waals surface area contributed by atoms with Crippen LogP contribution in [0, 0.1) is 0 Å². The molecule has 0 atom stereocenters. The van der Waals surface area contributed by atoms with Crippen LogP contribution in [0.3, 0.4) is 0 Å². The van der Waals surface area contributed by atoms with Crippen molar-refractivity contribution < 1.29 is 0 Å². The fraction of sp³-hybridized carbons (Fsp3) is 0.538. The van der Waals surface area contributed by atoms with Crippen molar-refractivity contribution in [1.82, 2.24) is 19.6 Å². The van der Waals surface area contributed by atoms with E-state index in [1.165, 1.54) is 5.56 Å². The van der Waals surface area contributed by atoms with E-state index in [2.05, 4.69) is 53.1 Å². The quantitative estimate of drug-likeness (QED) is 0.874. The minimum Gasteiger partial charge on any atom is -0.276 e. The minimum absolute atomic E-state index is 0.0678. The Hall–Kier alpha value is -1.10. The van der Waals surface area contributed by atoms with Gasteiger partial charge in [-0.3, -0.25) is 9.36 Å². The molecule has 2 aromatic heterocycles. The Morgan fingerprint density at radius 1 is 1.28 bits per heavy atom. The second-order valence-corrected chi connectivity index (χ2v) is 6.47. The van der Waals surface area contributed by atoms with Crippen molar-refractivity contribution in [1.29, 1.82) is 0 Å². The molecule has 0 saturated carbocycles.